The Balaban J connectivity index is 1.90. The van der Waals surface area contributed by atoms with E-state index in [-0.39, 0.29) is 0 Å². The van der Waals surface area contributed by atoms with Crippen LogP contribution in [0.3, 0.4) is 0 Å². The fraction of sp³-hybridized carbons (Fsp3) is 0.333. The molecule has 2 rings (SSSR count). The van der Waals surface area contributed by atoms with E-state index in [4.69, 9.17) is 4.74 Å². The lowest BCUT2D eigenvalue weighted by atomic mass is 10.2. The lowest BCUT2D eigenvalue weighted by Gasteiger charge is -2.12. The van der Waals surface area contributed by atoms with Crippen molar-refractivity contribution in [3.05, 3.63) is 51.7 Å². The highest BCUT2D eigenvalue weighted by Gasteiger charge is 2.06. The Morgan fingerprint density at radius 2 is 1.89 bits per heavy atom. The number of hydrogen-bond acceptors (Lipinski definition) is 3. The van der Waals surface area contributed by atoms with Crippen LogP contribution in [0.1, 0.15) is 28.3 Å². The molecular formula is C15H19NOS. The van der Waals surface area contributed by atoms with E-state index in [0.29, 0.717) is 6.04 Å². The molecule has 0 spiro atoms. The molecule has 1 unspecified atom stereocenters. The summed E-state index contributed by atoms with van der Waals surface area (Å²) >= 11 is 1.85. The normalized spacial score (nSPS) is 12.4. The van der Waals surface area contributed by atoms with Crippen molar-refractivity contribution in [2.24, 2.45) is 0 Å². The molecule has 3 heteroatoms. The second-order valence-electron chi connectivity index (χ2n) is 4.40. The number of nitrogens with one attached hydrogen (secondary N) is 1. The van der Waals surface area contributed by atoms with Gasteiger partial charge in [0.25, 0.3) is 0 Å². The van der Waals surface area contributed by atoms with Gasteiger partial charge in [0.15, 0.2) is 0 Å². The van der Waals surface area contributed by atoms with Gasteiger partial charge in [-0.2, -0.15) is 0 Å². The van der Waals surface area contributed by atoms with Gasteiger partial charge in [-0.15, -0.1) is 11.3 Å². The van der Waals surface area contributed by atoms with Crippen LogP contribution in [-0.4, -0.2) is 7.11 Å². The van der Waals surface area contributed by atoms with E-state index >= 15 is 0 Å². The Hall–Kier alpha value is -1.32. The Labute approximate surface area is 113 Å². The number of methoxy groups -OCH3 is 1. The fourth-order valence-electron chi connectivity index (χ4n) is 1.80. The van der Waals surface area contributed by atoms with Crippen molar-refractivity contribution >= 4 is 11.3 Å². The summed E-state index contributed by atoms with van der Waals surface area (Å²) in [5.41, 5.74) is 1.27. The number of aryl methyl sites for hydroxylation is 1. The van der Waals surface area contributed by atoms with Gasteiger partial charge in [-0.05, 0) is 43.7 Å². The minimum Gasteiger partial charge on any atom is -0.497 e. The van der Waals surface area contributed by atoms with Gasteiger partial charge in [-0.25, -0.2) is 0 Å². The standard InChI is InChI=1S/C15H19NOS/c1-11-4-9-15(18-11)12(2)16-10-13-5-7-14(17-3)8-6-13/h4-9,12,16H,10H2,1-3H3. The second-order valence-corrected chi connectivity index (χ2v) is 5.72. The molecule has 0 amide bonds. The molecule has 2 aromatic rings. The molecule has 0 saturated carbocycles. The molecule has 1 aromatic carbocycles. The molecule has 1 aromatic heterocycles. The van der Waals surface area contributed by atoms with Crippen molar-refractivity contribution in [1.29, 1.82) is 0 Å². The van der Waals surface area contributed by atoms with Crippen LogP contribution in [0.25, 0.3) is 0 Å². The molecule has 0 bridgehead atoms. The minimum atomic E-state index is 0.394. The van der Waals surface area contributed by atoms with Crippen molar-refractivity contribution < 1.29 is 4.74 Å². The summed E-state index contributed by atoms with van der Waals surface area (Å²) in [6.07, 6.45) is 0. The van der Waals surface area contributed by atoms with E-state index in [2.05, 4.69) is 43.4 Å². The van der Waals surface area contributed by atoms with Crippen LogP contribution in [0.15, 0.2) is 36.4 Å². The summed E-state index contributed by atoms with van der Waals surface area (Å²) in [6.45, 7) is 5.22. The molecule has 1 N–H and O–H groups in total. The van der Waals surface area contributed by atoms with Gasteiger partial charge in [0, 0.05) is 22.3 Å². The first kappa shape index (κ1) is 13.1. The molecule has 18 heavy (non-hydrogen) atoms. The van der Waals surface area contributed by atoms with Crippen LogP contribution in [0.4, 0.5) is 0 Å². The molecule has 0 radical (unpaired) electrons. The fourth-order valence-corrected chi connectivity index (χ4v) is 2.71. The van der Waals surface area contributed by atoms with E-state index in [1.165, 1.54) is 15.3 Å². The van der Waals surface area contributed by atoms with Crippen molar-refractivity contribution in [3.8, 4) is 5.75 Å². The second kappa shape index (κ2) is 6.03. The number of benzene rings is 1. The summed E-state index contributed by atoms with van der Waals surface area (Å²) in [6, 6.07) is 13.0. The third kappa shape index (κ3) is 3.34. The smallest absolute Gasteiger partial charge is 0.118 e. The van der Waals surface area contributed by atoms with E-state index in [1.807, 2.05) is 23.5 Å². The van der Waals surface area contributed by atoms with Crippen molar-refractivity contribution in [3.63, 3.8) is 0 Å². The lowest BCUT2D eigenvalue weighted by Crippen LogP contribution is -2.16. The predicted molar refractivity (Wildman–Crippen MR) is 77.3 cm³/mol. The molecule has 0 aliphatic rings. The molecule has 0 saturated heterocycles. The number of hydrogen-bond donors (Lipinski definition) is 1. The maximum absolute atomic E-state index is 5.15. The van der Waals surface area contributed by atoms with Crippen molar-refractivity contribution in [2.75, 3.05) is 7.11 Å². The van der Waals surface area contributed by atoms with Crippen LogP contribution in [0.2, 0.25) is 0 Å². The molecule has 0 aliphatic heterocycles. The van der Waals surface area contributed by atoms with E-state index in [9.17, 15) is 0 Å². The average Bonchev–Trinajstić information content (AvgIpc) is 2.83. The van der Waals surface area contributed by atoms with Crippen LogP contribution in [0, 0.1) is 6.92 Å². The zero-order valence-electron chi connectivity index (χ0n) is 11.1. The Kier molecular flexibility index (Phi) is 4.39. The summed E-state index contributed by atoms with van der Waals surface area (Å²) in [7, 11) is 1.69. The molecule has 0 fully saturated rings. The Morgan fingerprint density at radius 3 is 2.44 bits per heavy atom. The zero-order valence-corrected chi connectivity index (χ0v) is 11.9. The molecule has 1 heterocycles. The third-order valence-corrected chi connectivity index (χ3v) is 4.14. The maximum Gasteiger partial charge on any atom is 0.118 e. The van der Waals surface area contributed by atoms with Crippen molar-refractivity contribution in [1.82, 2.24) is 5.32 Å². The average molecular weight is 261 g/mol. The Bertz CT molecular complexity index is 489. The van der Waals surface area contributed by atoms with E-state index < -0.39 is 0 Å². The van der Waals surface area contributed by atoms with E-state index in [1.54, 1.807) is 7.11 Å². The quantitative estimate of drug-likeness (QED) is 0.881. The van der Waals surface area contributed by atoms with Crippen LogP contribution >= 0.6 is 11.3 Å². The molecule has 96 valence electrons. The first-order valence-electron chi connectivity index (χ1n) is 6.11. The maximum atomic E-state index is 5.15. The van der Waals surface area contributed by atoms with Gasteiger partial charge in [0.1, 0.15) is 5.75 Å². The van der Waals surface area contributed by atoms with Gasteiger partial charge in [0.2, 0.25) is 0 Å². The number of rotatable bonds is 5. The Morgan fingerprint density at radius 1 is 1.17 bits per heavy atom. The highest BCUT2D eigenvalue weighted by molar-refractivity contribution is 7.12. The summed E-state index contributed by atoms with van der Waals surface area (Å²) in [5, 5.41) is 3.54. The lowest BCUT2D eigenvalue weighted by molar-refractivity contribution is 0.414. The molecule has 2 nitrogen and oxygen atoms in total. The van der Waals surface area contributed by atoms with Gasteiger partial charge < -0.3 is 10.1 Å². The van der Waals surface area contributed by atoms with Crippen LogP contribution in [-0.2, 0) is 6.54 Å². The highest BCUT2D eigenvalue weighted by Crippen LogP contribution is 2.22. The molecule has 0 aliphatic carbocycles. The van der Waals surface area contributed by atoms with Gasteiger partial charge in [-0.1, -0.05) is 12.1 Å². The van der Waals surface area contributed by atoms with Gasteiger partial charge >= 0.3 is 0 Å². The summed E-state index contributed by atoms with van der Waals surface area (Å²) < 4.78 is 5.15. The minimum absolute atomic E-state index is 0.394. The zero-order chi connectivity index (χ0) is 13.0. The molecular weight excluding hydrogens is 242 g/mol. The molecule has 1 atom stereocenters. The van der Waals surface area contributed by atoms with Gasteiger partial charge in [0.05, 0.1) is 7.11 Å². The first-order chi connectivity index (χ1) is 8.69. The largest absolute Gasteiger partial charge is 0.497 e. The SMILES string of the molecule is COc1ccc(CNC(C)c2ccc(C)s2)cc1. The number of thiophene rings is 1. The monoisotopic (exact) mass is 261 g/mol. The summed E-state index contributed by atoms with van der Waals surface area (Å²) in [5.74, 6) is 0.903. The summed E-state index contributed by atoms with van der Waals surface area (Å²) in [4.78, 5) is 2.75. The van der Waals surface area contributed by atoms with Crippen LogP contribution in [0.5, 0.6) is 5.75 Å². The topological polar surface area (TPSA) is 21.3 Å². The third-order valence-electron chi connectivity index (χ3n) is 2.96. The van der Waals surface area contributed by atoms with Crippen LogP contribution < -0.4 is 10.1 Å². The first-order valence-corrected chi connectivity index (χ1v) is 6.93. The predicted octanol–water partition coefficient (Wildman–Crippen LogP) is 3.92. The number of ether oxygens (including phenoxy) is 1. The van der Waals surface area contributed by atoms with Crippen molar-refractivity contribution in [2.45, 2.75) is 26.4 Å². The van der Waals surface area contributed by atoms with Gasteiger partial charge in [-0.3, -0.25) is 0 Å². The highest BCUT2D eigenvalue weighted by atomic mass is 32.1. The van der Waals surface area contributed by atoms with E-state index in [0.717, 1.165) is 12.3 Å².